The summed E-state index contributed by atoms with van der Waals surface area (Å²) in [6.45, 7) is 2.12. The molecule has 142 valence electrons. The van der Waals surface area contributed by atoms with Crippen LogP contribution in [0.1, 0.15) is 11.4 Å². The first-order valence-electron chi connectivity index (χ1n) is 8.53. The van der Waals surface area contributed by atoms with Gasteiger partial charge in [-0.3, -0.25) is 4.79 Å². The maximum Gasteiger partial charge on any atom is 0.244 e. The van der Waals surface area contributed by atoms with Gasteiger partial charge in [0.05, 0.1) is 31.0 Å². The molecule has 3 aromatic rings. The molecule has 0 atom stereocenters. The molecule has 0 bridgehead atoms. The first-order chi connectivity index (χ1) is 13.1. The number of nitrogens with zero attached hydrogens (tertiary/aromatic N) is 2. The van der Waals surface area contributed by atoms with Crippen LogP contribution in [-0.4, -0.2) is 35.9 Å². The van der Waals surface area contributed by atoms with Gasteiger partial charge in [-0.25, -0.2) is 4.98 Å². The molecule has 2 aromatic carbocycles. The monoisotopic (exact) mass is 385 g/mol. The molecular weight excluding hydrogens is 362 g/mol. The largest absolute Gasteiger partial charge is 0.493 e. The van der Waals surface area contributed by atoms with Crippen molar-refractivity contribution < 1.29 is 14.3 Å². The van der Waals surface area contributed by atoms with Crippen LogP contribution in [0, 0.1) is 6.92 Å². The molecule has 6 nitrogen and oxygen atoms in total. The lowest BCUT2D eigenvalue weighted by Crippen LogP contribution is -2.20. The van der Waals surface area contributed by atoms with Gasteiger partial charge in [-0.1, -0.05) is 12.1 Å². The third kappa shape index (κ3) is 4.03. The Hall–Kier alpha value is -2.67. The molecule has 0 radical (unpaired) electrons. The lowest BCUT2D eigenvalue weighted by atomic mass is 10.1. The zero-order chi connectivity index (χ0) is 19.4. The van der Waals surface area contributed by atoms with Gasteiger partial charge >= 0.3 is 0 Å². The van der Waals surface area contributed by atoms with Gasteiger partial charge in [0.1, 0.15) is 12.4 Å². The van der Waals surface area contributed by atoms with E-state index in [0.29, 0.717) is 17.2 Å². The summed E-state index contributed by atoms with van der Waals surface area (Å²) in [4.78, 5) is 17.4. The van der Waals surface area contributed by atoms with Crippen molar-refractivity contribution in [3.05, 3.63) is 47.8 Å². The maximum atomic E-state index is 12.7. The van der Waals surface area contributed by atoms with Crippen LogP contribution in [0.25, 0.3) is 11.0 Å². The Morgan fingerprint density at radius 3 is 2.59 bits per heavy atom. The van der Waals surface area contributed by atoms with E-state index in [1.807, 2.05) is 48.1 Å². The van der Waals surface area contributed by atoms with E-state index in [1.165, 1.54) is 0 Å². The molecule has 0 aliphatic rings. The molecule has 1 N–H and O–H groups in total. The van der Waals surface area contributed by atoms with Crippen molar-refractivity contribution in [2.45, 2.75) is 19.2 Å². The summed E-state index contributed by atoms with van der Waals surface area (Å²) in [7, 11) is 3.16. The number of thioether (sulfide) groups is 1. The summed E-state index contributed by atoms with van der Waals surface area (Å²) < 4.78 is 12.6. The number of ether oxygens (including phenoxy) is 2. The highest BCUT2D eigenvalue weighted by atomic mass is 32.2. The zero-order valence-electron chi connectivity index (χ0n) is 15.9. The van der Waals surface area contributed by atoms with Crippen molar-refractivity contribution in [3.8, 4) is 11.5 Å². The maximum absolute atomic E-state index is 12.7. The predicted octanol–water partition coefficient (Wildman–Crippen LogP) is 3.86. The molecule has 0 saturated carbocycles. The minimum Gasteiger partial charge on any atom is -0.493 e. The number of hydrogen-bond donors (Lipinski definition) is 1. The Labute approximate surface area is 162 Å². The highest BCUT2D eigenvalue weighted by molar-refractivity contribution is 7.97. The number of anilines is 1. The molecule has 0 aliphatic carbocycles. The molecule has 7 heteroatoms. The summed E-state index contributed by atoms with van der Waals surface area (Å²) in [5, 5.41) is 2.98. The second-order valence-corrected chi connectivity index (χ2v) is 6.97. The van der Waals surface area contributed by atoms with Gasteiger partial charge in [0.15, 0.2) is 11.5 Å². The third-order valence-electron chi connectivity index (χ3n) is 4.31. The number of fused-ring (bicyclic) bond motifs is 1. The van der Waals surface area contributed by atoms with Gasteiger partial charge in [0.2, 0.25) is 5.91 Å². The van der Waals surface area contributed by atoms with Crippen LogP contribution in [0.5, 0.6) is 11.5 Å². The Morgan fingerprint density at radius 1 is 1.19 bits per heavy atom. The number of para-hydroxylation sites is 2. The predicted molar refractivity (Wildman–Crippen MR) is 110 cm³/mol. The van der Waals surface area contributed by atoms with E-state index in [1.54, 1.807) is 32.0 Å². The van der Waals surface area contributed by atoms with Crippen molar-refractivity contribution in [1.82, 2.24) is 9.55 Å². The Bertz CT molecular complexity index is 969. The van der Waals surface area contributed by atoms with Crippen LogP contribution in [0.2, 0.25) is 0 Å². The van der Waals surface area contributed by atoms with Gasteiger partial charge in [0, 0.05) is 11.8 Å². The lowest BCUT2D eigenvalue weighted by Gasteiger charge is -2.14. The fourth-order valence-corrected chi connectivity index (χ4v) is 3.47. The van der Waals surface area contributed by atoms with Gasteiger partial charge in [-0.15, -0.1) is 0 Å². The number of nitrogens with one attached hydrogen (secondary N) is 1. The summed E-state index contributed by atoms with van der Waals surface area (Å²) >= 11 is 1.68. The number of rotatable bonds is 7. The molecule has 0 fully saturated rings. The van der Waals surface area contributed by atoms with Crippen molar-refractivity contribution >= 4 is 34.4 Å². The summed E-state index contributed by atoms with van der Waals surface area (Å²) in [6.07, 6.45) is 2.02. The molecule has 27 heavy (non-hydrogen) atoms. The summed E-state index contributed by atoms with van der Waals surface area (Å²) in [5.41, 5.74) is 3.46. The van der Waals surface area contributed by atoms with Crippen LogP contribution in [0.4, 0.5) is 5.69 Å². The highest BCUT2D eigenvalue weighted by Gasteiger charge is 2.15. The number of benzene rings is 2. The van der Waals surface area contributed by atoms with Crippen molar-refractivity contribution in [2.24, 2.45) is 0 Å². The lowest BCUT2D eigenvalue weighted by molar-refractivity contribution is -0.116. The zero-order valence-corrected chi connectivity index (χ0v) is 16.7. The number of aromatic nitrogens is 2. The Morgan fingerprint density at radius 2 is 1.89 bits per heavy atom. The van der Waals surface area contributed by atoms with E-state index in [9.17, 15) is 4.79 Å². The summed E-state index contributed by atoms with van der Waals surface area (Å²) in [5.74, 6) is 2.74. The van der Waals surface area contributed by atoms with Gasteiger partial charge in [-0.2, -0.15) is 11.8 Å². The Kier molecular flexibility index (Phi) is 5.91. The van der Waals surface area contributed by atoms with E-state index in [2.05, 4.69) is 10.3 Å². The summed E-state index contributed by atoms with van der Waals surface area (Å²) in [6, 6.07) is 11.5. The standard InChI is InChI=1S/C20H23N3O3S/c1-13-9-17(25-2)18(26-3)10-15(13)22-20(24)11-23-16-8-6-5-7-14(16)21-19(23)12-27-4/h5-10H,11-12H2,1-4H3,(H,22,24). The Balaban J connectivity index is 1.86. The van der Waals surface area contributed by atoms with Gasteiger partial charge in [0.25, 0.3) is 0 Å². The molecular formula is C20H23N3O3S. The van der Waals surface area contributed by atoms with Crippen LogP contribution < -0.4 is 14.8 Å². The topological polar surface area (TPSA) is 65.4 Å². The highest BCUT2D eigenvalue weighted by Crippen LogP contribution is 2.33. The van der Waals surface area contributed by atoms with E-state index < -0.39 is 0 Å². The normalized spacial score (nSPS) is 10.8. The first kappa shape index (κ1) is 19.1. The van der Waals surface area contributed by atoms with Crippen LogP contribution >= 0.6 is 11.8 Å². The number of hydrogen-bond acceptors (Lipinski definition) is 5. The third-order valence-corrected chi connectivity index (χ3v) is 4.86. The van der Waals surface area contributed by atoms with Gasteiger partial charge < -0.3 is 19.4 Å². The molecule has 0 saturated heterocycles. The number of aryl methyl sites for hydroxylation is 1. The average molecular weight is 385 g/mol. The van der Waals surface area contributed by atoms with Gasteiger partial charge in [-0.05, 0) is 36.9 Å². The van der Waals surface area contributed by atoms with Crippen molar-refractivity contribution in [1.29, 1.82) is 0 Å². The second kappa shape index (κ2) is 8.35. The molecule has 1 heterocycles. The van der Waals surface area contributed by atoms with Crippen molar-refractivity contribution in [3.63, 3.8) is 0 Å². The number of methoxy groups -OCH3 is 2. The SMILES string of the molecule is COc1cc(C)c(NC(=O)Cn2c(CSC)nc3ccccc32)cc1OC. The number of carbonyl (C=O) groups is 1. The fourth-order valence-electron chi connectivity index (χ4n) is 2.99. The fraction of sp³-hybridized carbons (Fsp3) is 0.300. The van der Waals surface area contributed by atoms with Crippen molar-refractivity contribution in [2.75, 3.05) is 25.8 Å². The molecule has 1 amide bonds. The van der Waals surface area contributed by atoms with E-state index in [-0.39, 0.29) is 12.5 Å². The van der Waals surface area contributed by atoms with Crippen LogP contribution in [0.3, 0.4) is 0 Å². The number of amides is 1. The number of imidazole rings is 1. The van der Waals surface area contributed by atoms with Crippen LogP contribution in [0.15, 0.2) is 36.4 Å². The average Bonchev–Trinajstić information content (AvgIpc) is 3.00. The minimum absolute atomic E-state index is 0.115. The molecule has 0 unspecified atom stereocenters. The molecule has 3 rings (SSSR count). The van der Waals surface area contributed by atoms with Crippen LogP contribution in [-0.2, 0) is 17.1 Å². The van der Waals surface area contributed by atoms with E-state index in [4.69, 9.17) is 9.47 Å². The quantitative estimate of drug-likeness (QED) is 0.669. The minimum atomic E-state index is -0.115. The van der Waals surface area contributed by atoms with E-state index in [0.717, 1.165) is 28.2 Å². The molecule has 1 aromatic heterocycles. The smallest absolute Gasteiger partial charge is 0.244 e. The van der Waals surface area contributed by atoms with E-state index >= 15 is 0 Å². The molecule has 0 spiro atoms. The first-order valence-corrected chi connectivity index (χ1v) is 9.92. The number of carbonyl (C=O) groups excluding carboxylic acids is 1. The molecule has 0 aliphatic heterocycles. The second-order valence-electron chi connectivity index (χ2n) is 6.11.